The fourth-order valence-corrected chi connectivity index (χ4v) is 1.88. The molecule has 0 radical (unpaired) electrons. The molecule has 5 nitrogen and oxygen atoms in total. The molecular weight excluding hydrogens is 197 g/mol. The average molecular weight is 215 g/mol. The van der Waals surface area contributed by atoms with Crippen molar-refractivity contribution >= 4 is 13.0 Å². The van der Waals surface area contributed by atoms with Crippen LogP contribution in [0.25, 0.3) is 0 Å². The summed E-state index contributed by atoms with van der Waals surface area (Å²) < 4.78 is 4.91. The molecule has 1 saturated heterocycles. The molecule has 0 bridgehead atoms. The van der Waals surface area contributed by atoms with Gasteiger partial charge in [0.2, 0.25) is 0 Å². The minimum Gasteiger partial charge on any atom is -0.465 e. The topological polar surface area (TPSA) is 70.0 Å². The van der Waals surface area contributed by atoms with E-state index in [9.17, 15) is 14.9 Å². The zero-order chi connectivity index (χ0) is 11.4. The van der Waals surface area contributed by atoms with Crippen LogP contribution in [-0.2, 0) is 9.53 Å². The van der Waals surface area contributed by atoms with E-state index < -0.39 is 19.2 Å². The number of hydrogen-bond donors (Lipinski definition) is 2. The van der Waals surface area contributed by atoms with Gasteiger partial charge >= 0.3 is 13.0 Å². The smallest absolute Gasteiger partial charge is 0.377 e. The quantitative estimate of drug-likeness (QED) is 0.490. The molecule has 1 aliphatic rings. The third-order valence-corrected chi connectivity index (χ3v) is 2.65. The van der Waals surface area contributed by atoms with Gasteiger partial charge in [0.1, 0.15) is 6.04 Å². The first-order chi connectivity index (χ1) is 7.06. The summed E-state index contributed by atoms with van der Waals surface area (Å²) in [4.78, 5) is 13.2. The second-order valence-electron chi connectivity index (χ2n) is 3.82. The SMILES string of the molecule is CCOC(=O)[C@H]1CC(O)CCN1B(C)O. The van der Waals surface area contributed by atoms with Crippen LogP contribution in [0.5, 0.6) is 0 Å². The zero-order valence-electron chi connectivity index (χ0n) is 9.22. The highest BCUT2D eigenvalue weighted by Crippen LogP contribution is 2.19. The Hall–Kier alpha value is -0.585. The second kappa shape index (κ2) is 5.49. The van der Waals surface area contributed by atoms with Crippen LogP contribution < -0.4 is 0 Å². The number of esters is 1. The first kappa shape index (κ1) is 12.5. The molecule has 0 aromatic rings. The molecular formula is C9H18BNO4. The molecule has 6 heteroatoms. The third-order valence-electron chi connectivity index (χ3n) is 2.65. The van der Waals surface area contributed by atoms with Crippen LogP contribution in [0.4, 0.5) is 0 Å². The number of aliphatic hydroxyl groups is 1. The van der Waals surface area contributed by atoms with E-state index in [1.165, 1.54) is 0 Å². The van der Waals surface area contributed by atoms with Crippen molar-refractivity contribution in [2.45, 2.75) is 38.7 Å². The lowest BCUT2D eigenvalue weighted by molar-refractivity contribution is -0.150. The number of carbonyl (C=O) groups excluding carboxylic acids is 1. The molecule has 0 aromatic carbocycles. The van der Waals surface area contributed by atoms with Gasteiger partial charge in [-0.2, -0.15) is 0 Å². The van der Waals surface area contributed by atoms with E-state index >= 15 is 0 Å². The van der Waals surface area contributed by atoms with Crippen LogP contribution in [0, 0.1) is 0 Å². The molecule has 1 rings (SSSR count). The van der Waals surface area contributed by atoms with E-state index in [-0.39, 0.29) is 5.97 Å². The van der Waals surface area contributed by atoms with Gasteiger partial charge in [-0.3, -0.25) is 4.79 Å². The largest absolute Gasteiger partial charge is 0.465 e. The molecule has 0 saturated carbocycles. The molecule has 1 unspecified atom stereocenters. The fourth-order valence-electron chi connectivity index (χ4n) is 1.88. The van der Waals surface area contributed by atoms with Crippen molar-refractivity contribution in [2.75, 3.05) is 13.2 Å². The molecule has 0 aliphatic carbocycles. The van der Waals surface area contributed by atoms with Gasteiger partial charge in [-0.1, -0.05) is 0 Å². The van der Waals surface area contributed by atoms with Crippen molar-refractivity contribution in [2.24, 2.45) is 0 Å². The van der Waals surface area contributed by atoms with Gasteiger partial charge in [0.05, 0.1) is 12.7 Å². The number of hydrogen-bond acceptors (Lipinski definition) is 5. The van der Waals surface area contributed by atoms with E-state index in [4.69, 9.17) is 4.74 Å². The molecule has 1 fully saturated rings. The Balaban J connectivity index is 2.65. The van der Waals surface area contributed by atoms with Crippen LogP contribution in [0.2, 0.25) is 6.82 Å². The predicted octanol–water partition coefficient (Wildman–Crippen LogP) is -0.515. The van der Waals surface area contributed by atoms with Gasteiger partial charge in [0.15, 0.2) is 0 Å². The Morgan fingerprint density at radius 1 is 1.67 bits per heavy atom. The van der Waals surface area contributed by atoms with Crippen LogP contribution in [-0.4, -0.2) is 53.3 Å². The van der Waals surface area contributed by atoms with Gasteiger partial charge in [-0.15, -0.1) is 0 Å². The molecule has 0 aromatic heterocycles. The first-order valence-electron chi connectivity index (χ1n) is 5.34. The Morgan fingerprint density at radius 2 is 2.33 bits per heavy atom. The summed E-state index contributed by atoms with van der Waals surface area (Å²) in [5, 5.41) is 19.0. The van der Waals surface area contributed by atoms with Crippen molar-refractivity contribution in [1.29, 1.82) is 0 Å². The molecule has 0 amide bonds. The maximum Gasteiger partial charge on any atom is 0.377 e. The Labute approximate surface area is 90.2 Å². The maximum atomic E-state index is 11.6. The molecule has 1 heterocycles. The van der Waals surface area contributed by atoms with Crippen LogP contribution >= 0.6 is 0 Å². The van der Waals surface area contributed by atoms with Crippen LogP contribution in [0.1, 0.15) is 19.8 Å². The van der Waals surface area contributed by atoms with Crippen molar-refractivity contribution in [1.82, 2.24) is 4.81 Å². The normalized spacial score (nSPS) is 27.5. The number of ether oxygens (including phenoxy) is 1. The molecule has 1 aliphatic heterocycles. The minimum absolute atomic E-state index is 0.319. The lowest BCUT2D eigenvalue weighted by Crippen LogP contribution is -2.54. The standard InChI is InChI=1S/C9H18BNO4/c1-3-15-9(13)8-6-7(12)4-5-11(8)10(2)14/h7-8,12,14H,3-6H2,1-2H3/t7?,8-/m1/s1. The maximum absolute atomic E-state index is 11.6. The number of rotatable bonds is 3. The fraction of sp³-hybridized carbons (Fsp3) is 0.889. The summed E-state index contributed by atoms with van der Waals surface area (Å²) in [6, 6.07) is -0.520. The lowest BCUT2D eigenvalue weighted by atomic mass is 9.79. The Kier molecular flexibility index (Phi) is 4.57. The predicted molar refractivity (Wildman–Crippen MR) is 56.2 cm³/mol. The number of carbonyl (C=O) groups is 1. The molecule has 15 heavy (non-hydrogen) atoms. The highest BCUT2D eigenvalue weighted by atomic mass is 16.5. The second-order valence-corrected chi connectivity index (χ2v) is 3.82. The number of nitrogens with zero attached hydrogens (tertiary/aromatic N) is 1. The summed E-state index contributed by atoms with van der Waals surface area (Å²) in [7, 11) is -0.688. The monoisotopic (exact) mass is 215 g/mol. The highest BCUT2D eigenvalue weighted by Gasteiger charge is 2.37. The third kappa shape index (κ3) is 3.19. The van der Waals surface area contributed by atoms with Gasteiger partial charge in [0, 0.05) is 0 Å². The molecule has 86 valence electrons. The van der Waals surface area contributed by atoms with E-state index in [2.05, 4.69) is 0 Å². The highest BCUT2D eigenvalue weighted by molar-refractivity contribution is 6.45. The minimum atomic E-state index is -0.688. The van der Waals surface area contributed by atoms with Crippen LogP contribution in [0.15, 0.2) is 0 Å². The molecule has 2 atom stereocenters. The Morgan fingerprint density at radius 3 is 2.87 bits per heavy atom. The summed E-state index contributed by atoms with van der Waals surface area (Å²) in [5.74, 6) is -0.364. The van der Waals surface area contributed by atoms with E-state index in [1.54, 1.807) is 18.6 Å². The summed E-state index contributed by atoms with van der Waals surface area (Å²) in [6.45, 7) is 4.19. The average Bonchev–Trinajstić information content (AvgIpc) is 2.17. The van der Waals surface area contributed by atoms with Gasteiger partial charge < -0.3 is 19.7 Å². The van der Waals surface area contributed by atoms with Crippen molar-refractivity contribution in [3.05, 3.63) is 0 Å². The van der Waals surface area contributed by atoms with E-state index in [1.807, 2.05) is 0 Å². The number of aliphatic hydroxyl groups excluding tert-OH is 1. The molecule has 2 N–H and O–H groups in total. The van der Waals surface area contributed by atoms with Crippen molar-refractivity contribution in [3.8, 4) is 0 Å². The van der Waals surface area contributed by atoms with E-state index in [0.29, 0.717) is 26.0 Å². The zero-order valence-corrected chi connectivity index (χ0v) is 9.22. The summed E-state index contributed by atoms with van der Waals surface area (Å²) in [6.07, 6.45) is 0.444. The summed E-state index contributed by atoms with van der Waals surface area (Å²) in [5.41, 5.74) is 0. The van der Waals surface area contributed by atoms with Gasteiger partial charge in [-0.05, 0) is 33.1 Å². The molecule has 0 spiro atoms. The van der Waals surface area contributed by atoms with Gasteiger partial charge in [-0.25, -0.2) is 0 Å². The van der Waals surface area contributed by atoms with E-state index in [0.717, 1.165) is 0 Å². The summed E-state index contributed by atoms with van der Waals surface area (Å²) >= 11 is 0. The van der Waals surface area contributed by atoms with Crippen molar-refractivity contribution < 1.29 is 19.7 Å². The lowest BCUT2D eigenvalue weighted by Gasteiger charge is -2.36. The van der Waals surface area contributed by atoms with Gasteiger partial charge in [0.25, 0.3) is 0 Å². The Bertz CT molecular complexity index is 224. The van der Waals surface area contributed by atoms with Crippen LogP contribution in [0.3, 0.4) is 0 Å². The number of piperidine rings is 1. The first-order valence-corrected chi connectivity index (χ1v) is 5.34. The van der Waals surface area contributed by atoms with Crippen molar-refractivity contribution in [3.63, 3.8) is 0 Å².